The average Bonchev–Trinajstić information content (AvgIpc) is 2.51. The lowest BCUT2D eigenvalue weighted by molar-refractivity contribution is 0.176. The highest BCUT2D eigenvalue weighted by atomic mass is 35.5. The van der Waals surface area contributed by atoms with E-state index in [2.05, 4.69) is 21.8 Å². The molecule has 1 N–H and O–H groups in total. The van der Waals surface area contributed by atoms with E-state index in [1.54, 1.807) is 7.11 Å². The Hall–Kier alpha value is -0.580. The molecule has 80 valence electrons. The van der Waals surface area contributed by atoms with Gasteiger partial charge in [0.25, 0.3) is 0 Å². The number of halogens is 1. The largest absolute Gasteiger partial charge is 0.378 e. The monoisotopic (exact) mass is 217 g/mol. The molecule has 2 rings (SSSR count). The standard InChI is InChI=1S/C9H15N3O.ClH/c1-7-9-11-5-8(6-13-2)12(9)4-3-10-7;/h5,7,10H,3-4,6H2,1-2H3;1H. The van der Waals surface area contributed by atoms with Gasteiger partial charge in [0.05, 0.1) is 24.5 Å². The maximum absolute atomic E-state index is 5.11. The molecule has 0 saturated heterocycles. The molecule has 0 saturated carbocycles. The third-order valence-corrected chi connectivity index (χ3v) is 2.43. The molecule has 1 aromatic heterocycles. The molecule has 0 aliphatic carbocycles. The van der Waals surface area contributed by atoms with Crippen molar-refractivity contribution < 1.29 is 4.74 Å². The summed E-state index contributed by atoms with van der Waals surface area (Å²) in [5.74, 6) is 1.12. The Kier molecular flexibility index (Phi) is 3.92. The molecule has 4 nitrogen and oxygen atoms in total. The van der Waals surface area contributed by atoms with Crippen molar-refractivity contribution in [1.82, 2.24) is 14.9 Å². The maximum atomic E-state index is 5.11. The third-order valence-electron chi connectivity index (χ3n) is 2.43. The highest BCUT2D eigenvalue weighted by Gasteiger charge is 2.19. The van der Waals surface area contributed by atoms with Crippen molar-refractivity contribution in [3.63, 3.8) is 0 Å². The molecular weight excluding hydrogens is 202 g/mol. The van der Waals surface area contributed by atoms with Gasteiger partial charge in [-0.1, -0.05) is 0 Å². The van der Waals surface area contributed by atoms with Crippen molar-refractivity contribution in [3.8, 4) is 0 Å². The van der Waals surface area contributed by atoms with E-state index in [0.29, 0.717) is 12.6 Å². The van der Waals surface area contributed by atoms with Gasteiger partial charge in [-0.15, -0.1) is 12.4 Å². The summed E-state index contributed by atoms with van der Waals surface area (Å²) >= 11 is 0. The maximum Gasteiger partial charge on any atom is 0.125 e. The lowest BCUT2D eigenvalue weighted by Crippen LogP contribution is -2.32. The van der Waals surface area contributed by atoms with Crippen LogP contribution < -0.4 is 5.32 Å². The molecule has 5 heteroatoms. The van der Waals surface area contributed by atoms with Crippen LogP contribution >= 0.6 is 12.4 Å². The van der Waals surface area contributed by atoms with Crippen LogP contribution in [0.3, 0.4) is 0 Å². The topological polar surface area (TPSA) is 39.1 Å². The van der Waals surface area contributed by atoms with Crippen LogP contribution in [0.1, 0.15) is 24.5 Å². The molecule has 0 radical (unpaired) electrons. The number of nitrogens with zero attached hydrogens (tertiary/aromatic N) is 2. The van der Waals surface area contributed by atoms with Crippen LogP contribution in [-0.2, 0) is 17.9 Å². The highest BCUT2D eigenvalue weighted by Crippen LogP contribution is 2.17. The quantitative estimate of drug-likeness (QED) is 0.807. The van der Waals surface area contributed by atoms with Crippen LogP contribution in [0, 0.1) is 0 Å². The molecule has 1 aromatic rings. The van der Waals surface area contributed by atoms with E-state index in [1.807, 2.05) is 6.20 Å². The zero-order valence-electron chi connectivity index (χ0n) is 8.49. The smallest absolute Gasteiger partial charge is 0.125 e. The third kappa shape index (κ3) is 1.92. The molecule has 1 aliphatic rings. The van der Waals surface area contributed by atoms with Crippen LogP contribution in [0.15, 0.2) is 6.20 Å². The summed E-state index contributed by atoms with van der Waals surface area (Å²) in [6, 6.07) is 0.361. The Labute approximate surface area is 90.1 Å². The average molecular weight is 218 g/mol. The minimum absolute atomic E-state index is 0. The zero-order chi connectivity index (χ0) is 9.26. The number of hydrogen-bond acceptors (Lipinski definition) is 3. The summed E-state index contributed by atoms with van der Waals surface area (Å²) in [4.78, 5) is 4.38. The van der Waals surface area contributed by atoms with Crippen LogP contribution in [0.2, 0.25) is 0 Å². The second kappa shape index (κ2) is 4.77. The van der Waals surface area contributed by atoms with E-state index < -0.39 is 0 Å². The van der Waals surface area contributed by atoms with Gasteiger partial charge in [0.1, 0.15) is 5.82 Å². The Balaban J connectivity index is 0.000000980. The molecule has 1 unspecified atom stereocenters. The Bertz CT molecular complexity index is 300. The van der Waals surface area contributed by atoms with Gasteiger partial charge >= 0.3 is 0 Å². The van der Waals surface area contributed by atoms with Crippen LogP contribution in [0.25, 0.3) is 0 Å². The highest BCUT2D eigenvalue weighted by molar-refractivity contribution is 5.85. The van der Waals surface area contributed by atoms with Crippen LogP contribution in [-0.4, -0.2) is 23.2 Å². The van der Waals surface area contributed by atoms with E-state index in [9.17, 15) is 0 Å². The van der Waals surface area contributed by atoms with Crippen molar-refractivity contribution in [2.75, 3.05) is 13.7 Å². The molecule has 14 heavy (non-hydrogen) atoms. The molecule has 2 heterocycles. The van der Waals surface area contributed by atoms with Crippen molar-refractivity contribution in [3.05, 3.63) is 17.7 Å². The van der Waals surface area contributed by atoms with E-state index in [1.165, 1.54) is 5.69 Å². The first-order valence-corrected chi connectivity index (χ1v) is 4.59. The summed E-state index contributed by atoms with van der Waals surface area (Å²) in [7, 11) is 1.71. The number of rotatable bonds is 2. The molecule has 0 fully saturated rings. The summed E-state index contributed by atoms with van der Waals surface area (Å²) in [5, 5.41) is 3.37. The second-order valence-corrected chi connectivity index (χ2v) is 3.37. The van der Waals surface area contributed by atoms with Crippen LogP contribution in [0.5, 0.6) is 0 Å². The van der Waals surface area contributed by atoms with Gasteiger partial charge in [-0.3, -0.25) is 0 Å². The first-order chi connectivity index (χ1) is 6.33. The Morgan fingerprint density at radius 1 is 1.71 bits per heavy atom. The number of ether oxygens (including phenoxy) is 1. The van der Waals surface area contributed by atoms with E-state index >= 15 is 0 Å². The fourth-order valence-electron chi connectivity index (χ4n) is 1.78. The van der Waals surface area contributed by atoms with Gasteiger partial charge < -0.3 is 14.6 Å². The van der Waals surface area contributed by atoms with E-state index in [0.717, 1.165) is 18.9 Å². The van der Waals surface area contributed by atoms with Crippen LogP contribution in [0.4, 0.5) is 0 Å². The lowest BCUT2D eigenvalue weighted by atomic mass is 10.2. The number of imidazole rings is 1. The zero-order valence-corrected chi connectivity index (χ0v) is 9.30. The first-order valence-electron chi connectivity index (χ1n) is 4.59. The molecular formula is C9H16ClN3O. The number of hydrogen-bond donors (Lipinski definition) is 1. The second-order valence-electron chi connectivity index (χ2n) is 3.37. The van der Waals surface area contributed by atoms with Gasteiger partial charge in [-0.05, 0) is 6.92 Å². The van der Waals surface area contributed by atoms with E-state index in [-0.39, 0.29) is 12.4 Å². The molecule has 1 atom stereocenters. The van der Waals surface area contributed by atoms with Gasteiger partial charge in [0.15, 0.2) is 0 Å². The fraction of sp³-hybridized carbons (Fsp3) is 0.667. The minimum atomic E-state index is 0. The SMILES string of the molecule is COCc1cnc2n1CCNC2C.Cl. The first kappa shape index (κ1) is 11.5. The van der Waals surface area contributed by atoms with Gasteiger partial charge in [0.2, 0.25) is 0 Å². The van der Waals surface area contributed by atoms with Crippen molar-refractivity contribution in [1.29, 1.82) is 0 Å². The molecule has 0 bridgehead atoms. The van der Waals surface area contributed by atoms with Crippen molar-refractivity contribution in [2.24, 2.45) is 0 Å². The van der Waals surface area contributed by atoms with E-state index in [4.69, 9.17) is 4.74 Å². The molecule has 0 spiro atoms. The summed E-state index contributed by atoms with van der Waals surface area (Å²) in [6.45, 7) is 4.80. The fourth-order valence-corrected chi connectivity index (χ4v) is 1.78. The lowest BCUT2D eigenvalue weighted by Gasteiger charge is -2.23. The molecule has 1 aliphatic heterocycles. The Morgan fingerprint density at radius 3 is 3.21 bits per heavy atom. The number of nitrogens with one attached hydrogen (secondary N) is 1. The molecule has 0 aromatic carbocycles. The normalized spacial score (nSPS) is 20.0. The number of fused-ring (bicyclic) bond motifs is 1. The van der Waals surface area contributed by atoms with Gasteiger partial charge in [-0.25, -0.2) is 4.98 Å². The summed E-state index contributed by atoms with van der Waals surface area (Å²) in [6.07, 6.45) is 1.91. The number of aromatic nitrogens is 2. The van der Waals surface area contributed by atoms with Crippen molar-refractivity contribution >= 4 is 12.4 Å². The summed E-state index contributed by atoms with van der Waals surface area (Å²) < 4.78 is 7.35. The van der Waals surface area contributed by atoms with Gasteiger partial charge in [0, 0.05) is 20.2 Å². The predicted molar refractivity (Wildman–Crippen MR) is 56.6 cm³/mol. The molecule has 0 amide bonds. The van der Waals surface area contributed by atoms with Crippen molar-refractivity contribution in [2.45, 2.75) is 26.1 Å². The summed E-state index contributed by atoms with van der Waals surface area (Å²) in [5.41, 5.74) is 1.17. The Morgan fingerprint density at radius 2 is 2.50 bits per heavy atom. The van der Waals surface area contributed by atoms with Gasteiger partial charge in [-0.2, -0.15) is 0 Å². The minimum Gasteiger partial charge on any atom is -0.378 e. The number of methoxy groups -OCH3 is 1. The predicted octanol–water partition coefficient (Wildman–Crippen LogP) is 1.12.